The van der Waals surface area contributed by atoms with E-state index in [2.05, 4.69) is 21.3 Å². The molecule has 157 valence electrons. The minimum Gasteiger partial charge on any atom is -0.368 e. The molecule has 0 saturated carbocycles. The third kappa shape index (κ3) is 4.07. The molecule has 3 atom stereocenters. The minimum absolute atomic E-state index is 0.00964. The summed E-state index contributed by atoms with van der Waals surface area (Å²) < 4.78 is 0. The molecule has 0 spiro atoms. The number of likely N-dealkylation sites (tertiary alicyclic amines) is 2. The first-order valence-electron chi connectivity index (χ1n) is 10.4. The van der Waals surface area contributed by atoms with Gasteiger partial charge in [-0.05, 0) is 44.1 Å². The lowest BCUT2D eigenvalue weighted by Crippen LogP contribution is -2.45. The number of nitrogens with two attached hydrogens (primary N) is 1. The van der Waals surface area contributed by atoms with Gasteiger partial charge in [0, 0.05) is 26.2 Å². The van der Waals surface area contributed by atoms with Gasteiger partial charge in [0.05, 0.1) is 23.0 Å². The van der Waals surface area contributed by atoms with Gasteiger partial charge in [-0.2, -0.15) is 0 Å². The predicted octanol–water partition coefficient (Wildman–Crippen LogP) is 1.59. The van der Waals surface area contributed by atoms with Crippen LogP contribution in [0.1, 0.15) is 33.7 Å². The van der Waals surface area contributed by atoms with Crippen molar-refractivity contribution in [2.75, 3.05) is 26.2 Å². The average molecular weight is 407 g/mol. The van der Waals surface area contributed by atoms with Crippen molar-refractivity contribution in [3.63, 3.8) is 0 Å². The van der Waals surface area contributed by atoms with Crippen molar-refractivity contribution in [3.8, 4) is 0 Å². The molecule has 7 heteroatoms. The summed E-state index contributed by atoms with van der Waals surface area (Å²) in [6.45, 7) is 6.66. The molecule has 1 aromatic carbocycles. The maximum absolute atomic E-state index is 13.1. The highest BCUT2D eigenvalue weighted by Gasteiger charge is 2.44. The van der Waals surface area contributed by atoms with Crippen molar-refractivity contribution >= 4 is 11.8 Å². The number of primary amides is 1. The van der Waals surface area contributed by atoms with Gasteiger partial charge in [-0.25, -0.2) is 9.97 Å². The normalized spacial score (nSPS) is 22.1. The zero-order valence-electron chi connectivity index (χ0n) is 17.5. The Morgan fingerprint density at radius 1 is 1.07 bits per heavy atom. The first-order valence-corrected chi connectivity index (χ1v) is 10.4. The van der Waals surface area contributed by atoms with E-state index in [1.165, 1.54) is 6.33 Å². The van der Waals surface area contributed by atoms with Crippen LogP contribution >= 0.6 is 0 Å². The number of aryl methyl sites for hydroxylation is 2. The van der Waals surface area contributed by atoms with Crippen molar-refractivity contribution < 1.29 is 9.59 Å². The maximum Gasteiger partial charge on any atom is 0.257 e. The second-order valence-electron chi connectivity index (χ2n) is 8.37. The molecule has 2 aliphatic rings. The number of hydrogen-bond donors (Lipinski definition) is 1. The Hall–Kier alpha value is -2.80. The van der Waals surface area contributed by atoms with Crippen LogP contribution in [-0.4, -0.2) is 63.8 Å². The minimum atomic E-state index is -0.313. The summed E-state index contributed by atoms with van der Waals surface area (Å²) in [5.41, 5.74) is 8.88. The van der Waals surface area contributed by atoms with Crippen LogP contribution in [0, 0.1) is 32.1 Å². The van der Waals surface area contributed by atoms with Crippen molar-refractivity contribution in [2.45, 2.75) is 26.3 Å². The van der Waals surface area contributed by atoms with E-state index in [1.54, 1.807) is 0 Å². The third-order valence-electron chi connectivity index (χ3n) is 6.39. The smallest absolute Gasteiger partial charge is 0.257 e. The molecule has 0 aliphatic carbocycles. The summed E-state index contributed by atoms with van der Waals surface area (Å²) >= 11 is 0. The molecule has 2 N–H and O–H groups in total. The standard InChI is InChI=1S/C23H28N5O2/c1-15-21(16(2)26-14-25-15)23(30)28-12-18-10-27(11-19(18)13-28)20(22(24)29)9-8-17-6-4-3-5-7-17/h3-8,14,18-20H,9-13H2,1-2H3,(H2,24,29). The fourth-order valence-corrected chi connectivity index (χ4v) is 4.79. The quantitative estimate of drug-likeness (QED) is 0.787. The number of benzene rings is 1. The van der Waals surface area contributed by atoms with Crippen molar-refractivity contribution in [3.05, 3.63) is 65.6 Å². The fraction of sp³-hybridized carbons (Fsp3) is 0.435. The number of carbonyl (C=O) groups is 2. The van der Waals surface area contributed by atoms with Crippen molar-refractivity contribution in [1.29, 1.82) is 0 Å². The monoisotopic (exact) mass is 406 g/mol. The molecule has 3 heterocycles. The lowest BCUT2D eigenvalue weighted by Gasteiger charge is -2.27. The number of hydrogen-bond acceptors (Lipinski definition) is 5. The predicted molar refractivity (Wildman–Crippen MR) is 113 cm³/mol. The largest absolute Gasteiger partial charge is 0.368 e. The number of rotatable bonds is 6. The zero-order valence-corrected chi connectivity index (χ0v) is 17.5. The van der Waals surface area contributed by atoms with Crippen molar-refractivity contribution in [2.24, 2.45) is 17.6 Å². The Morgan fingerprint density at radius 3 is 2.23 bits per heavy atom. The van der Waals surface area contributed by atoms with Gasteiger partial charge in [-0.1, -0.05) is 30.3 Å². The molecular weight excluding hydrogens is 378 g/mol. The number of aromatic nitrogens is 2. The summed E-state index contributed by atoms with van der Waals surface area (Å²) in [4.78, 5) is 37.7. The third-order valence-corrected chi connectivity index (χ3v) is 6.39. The second kappa shape index (κ2) is 8.52. The molecule has 1 radical (unpaired) electrons. The van der Waals surface area contributed by atoms with E-state index >= 15 is 0 Å². The van der Waals surface area contributed by atoms with E-state index in [1.807, 2.05) is 49.1 Å². The molecule has 0 bridgehead atoms. The molecule has 2 amide bonds. The van der Waals surface area contributed by atoms with Gasteiger partial charge in [-0.15, -0.1) is 0 Å². The maximum atomic E-state index is 13.1. The van der Waals surface area contributed by atoms with E-state index in [9.17, 15) is 9.59 Å². The van der Waals surface area contributed by atoms with Crippen LogP contribution in [0.2, 0.25) is 0 Å². The van der Waals surface area contributed by atoms with E-state index in [4.69, 9.17) is 5.73 Å². The van der Waals surface area contributed by atoms with Crippen LogP contribution in [0.3, 0.4) is 0 Å². The van der Waals surface area contributed by atoms with Crippen LogP contribution < -0.4 is 5.73 Å². The van der Waals surface area contributed by atoms with Crippen LogP contribution in [-0.2, 0) is 4.79 Å². The Bertz CT molecular complexity index is 898. The number of amides is 2. The van der Waals surface area contributed by atoms with Crippen LogP contribution in [0.15, 0.2) is 36.7 Å². The Kier molecular flexibility index (Phi) is 5.81. The molecule has 2 fully saturated rings. The van der Waals surface area contributed by atoms with E-state index in [-0.39, 0.29) is 17.9 Å². The Balaban J connectivity index is 1.38. The van der Waals surface area contributed by atoms with Gasteiger partial charge in [0.1, 0.15) is 6.33 Å². The average Bonchev–Trinajstić information content (AvgIpc) is 3.28. The van der Waals surface area contributed by atoms with Crippen LogP contribution in [0.25, 0.3) is 0 Å². The van der Waals surface area contributed by atoms with Gasteiger partial charge in [-0.3, -0.25) is 14.5 Å². The number of nitrogens with zero attached hydrogens (tertiary/aromatic N) is 4. The van der Waals surface area contributed by atoms with Gasteiger partial charge >= 0.3 is 0 Å². The summed E-state index contributed by atoms with van der Waals surface area (Å²) in [7, 11) is 0. The highest BCUT2D eigenvalue weighted by molar-refractivity contribution is 5.96. The molecule has 2 aromatic rings. The highest BCUT2D eigenvalue weighted by atomic mass is 16.2. The summed E-state index contributed by atoms with van der Waals surface area (Å²) in [6.07, 6.45) is 4.16. The lowest BCUT2D eigenvalue weighted by atomic mass is 10.0. The molecule has 1 aromatic heterocycles. The molecular formula is C23H28N5O2. The van der Waals surface area contributed by atoms with E-state index in [0.717, 1.165) is 30.0 Å². The molecule has 2 aliphatic heterocycles. The number of carbonyl (C=O) groups excluding carboxylic acids is 2. The fourth-order valence-electron chi connectivity index (χ4n) is 4.79. The van der Waals surface area contributed by atoms with Crippen LogP contribution in [0.4, 0.5) is 0 Å². The molecule has 30 heavy (non-hydrogen) atoms. The highest BCUT2D eigenvalue weighted by Crippen LogP contribution is 2.34. The van der Waals surface area contributed by atoms with E-state index < -0.39 is 0 Å². The SMILES string of the molecule is Cc1ncnc(C)c1C(=O)N1CC2CN(C(C[CH]c3ccccc3)C(N)=O)CC2C1. The molecule has 7 nitrogen and oxygen atoms in total. The molecule has 2 saturated heterocycles. The zero-order chi connectivity index (χ0) is 21.3. The summed E-state index contributed by atoms with van der Waals surface area (Å²) in [5, 5.41) is 0. The lowest BCUT2D eigenvalue weighted by molar-refractivity contribution is -0.123. The first kappa shape index (κ1) is 20.5. The second-order valence-corrected chi connectivity index (χ2v) is 8.37. The van der Waals surface area contributed by atoms with Gasteiger partial charge < -0.3 is 10.6 Å². The van der Waals surface area contributed by atoms with Gasteiger partial charge in [0.2, 0.25) is 5.91 Å². The Morgan fingerprint density at radius 2 is 1.67 bits per heavy atom. The van der Waals surface area contributed by atoms with Crippen molar-refractivity contribution in [1.82, 2.24) is 19.8 Å². The molecule has 4 rings (SSSR count). The van der Waals surface area contributed by atoms with Crippen LogP contribution in [0.5, 0.6) is 0 Å². The topological polar surface area (TPSA) is 92.4 Å². The Labute approximate surface area is 177 Å². The summed E-state index contributed by atoms with van der Waals surface area (Å²) in [6, 6.07) is 9.68. The van der Waals surface area contributed by atoms with E-state index in [0.29, 0.717) is 36.9 Å². The first-order chi connectivity index (χ1) is 14.4. The summed E-state index contributed by atoms with van der Waals surface area (Å²) in [5.74, 6) is 0.439. The number of fused-ring (bicyclic) bond motifs is 1. The van der Waals surface area contributed by atoms with Gasteiger partial charge in [0.15, 0.2) is 0 Å². The van der Waals surface area contributed by atoms with Gasteiger partial charge in [0.25, 0.3) is 5.91 Å². The molecule has 3 unspecified atom stereocenters.